The molecule has 12 aromatic rings. The van der Waals surface area contributed by atoms with Crippen LogP contribution in [0.15, 0.2) is 231 Å². The summed E-state index contributed by atoms with van der Waals surface area (Å²) in [6, 6.07) is 85.0. The summed E-state index contributed by atoms with van der Waals surface area (Å²) in [5.74, 6) is 0. The smallest absolute Gasteiger partial charge is 0.00928 e. The van der Waals surface area contributed by atoms with Crippen molar-refractivity contribution in [2.75, 3.05) is 0 Å². The highest BCUT2D eigenvalue weighted by molar-refractivity contribution is 6.27. The quantitative estimate of drug-likeness (QED) is 0.153. The summed E-state index contributed by atoms with van der Waals surface area (Å²) in [7, 11) is 0. The van der Waals surface area contributed by atoms with Crippen LogP contribution in [-0.2, 0) is 0 Å². The normalized spacial score (nSPS) is 11.7. The van der Waals surface area contributed by atoms with Crippen LogP contribution in [0, 0.1) is 0 Å². The lowest BCUT2D eigenvalue weighted by Gasteiger charge is -2.13. The first-order valence-electron chi connectivity index (χ1n) is 20.8. The maximum atomic E-state index is 2.38. The van der Waals surface area contributed by atoms with E-state index >= 15 is 0 Å². The number of hydrogen-bond acceptors (Lipinski definition) is 0. The van der Waals surface area contributed by atoms with Gasteiger partial charge in [-0.25, -0.2) is 0 Å². The summed E-state index contributed by atoms with van der Waals surface area (Å²) in [6.07, 6.45) is 0. The molecule has 60 heavy (non-hydrogen) atoms. The fraction of sp³-hybridized carbons (Fsp3) is 0. The monoisotopic (exact) mass is 758 g/mol. The molecule has 0 saturated carbocycles. The van der Waals surface area contributed by atoms with Crippen molar-refractivity contribution in [2.45, 2.75) is 0 Å². The van der Waals surface area contributed by atoms with E-state index in [1.54, 1.807) is 0 Å². The first-order chi connectivity index (χ1) is 29.7. The van der Waals surface area contributed by atoms with Gasteiger partial charge >= 0.3 is 0 Å². The maximum absolute atomic E-state index is 2.38. The minimum Gasteiger partial charge on any atom is -0.0616 e. The zero-order valence-corrected chi connectivity index (χ0v) is 32.9. The lowest BCUT2D eigenvalue weighted by Crippen LogP contribution is -1.87. The largest absolute Gasteiger partial charge is 0.0616 e. The Morgan fingerprint density at radius 3 is 0.533 bits per heavy atom. The van der Waals surface area contributed by atoms with Gasteiger partial charge in [-0.1, -0.05) is 194 Å². The highest BCUT2D eigenvalue weighted by Gasteiger charge is 2.13. The molecule has 0 unspecified atom stereocenters. The van der Waals surface area contributed by atoms with Crippen molar-refractivity contribution in [3.63, 3.8) is 0 Å². The molecule has 0 N–H and O–H groups in total. The molecule has 0 nitrogen and oxygen atoms in total. The molecular weight excluding hydrogens is 721 g/mol. The van der Waals surface area contributed by atoms with Gasteiger partial charge in [-0.15, -0.1) is 0 Å². The molecule has 0 aliphatic carbocycles. The molecule has 0 radical (unpaired) electrons. The van der Waals surface area contributed by atoms with Crippen LogP contribution in [0.3, 0.4) is 0 Å². The van der Waals surface area contributed by atoms with E-state index in [9.17, 15) is 0 Å². The highest BCUT2D eigenvalue weighted by Crippen LogP contribution is 2.40. The Balaban J connectivity index is 0.880. The SMILES string of the molecule is c1cc(-c2cccc(-c3cccc(-c4ccc5c6ccccc6c6ccccc6c5c4)c3)c2)cc(-c2cccc(-c3ccc4c5ccccc5c5ccccc5c4c3)c2)c1. The van der Waals surface area contributed by atoms with Crippen LogP contribution in [0.5, 0.6) is 0 Å². The van der Waals surface area contributed by atoms with E-state index in [2.05, 4.69) is 231 Å². The van der Waals surface area contributed by atoms with Gasteiger partial charge in [0.2, 0.25) is 0 Å². The molecule has 0 spiro atoms. The molecule has 0 atom stereocenters. The van der Waals surface area contributed by atoms with E-state index in [-0.39, 0.29) is 0 Å². The van der Waals surface area contributed by atoms with Crippen LogP contribution in [-0.4, -0.2) is 0 Å². The topological polar surface area (TPSA) is 0 Å². The second-order valence-electron chi connectivity index (χ2n) is 16.0. The van der Waals surface area contributed by atoms with Crippen molar-refractivity contribution in [2.24, 2.45) is 0 Å². The van der Waals surface area contributed by atoms with Gasteiger partial charge in [-0.3, -0.25) is 0 Å². The molecule has 0 amide bonds. The first-order valence-corrected chi connectivity index (χ1v) is 20.8. The number of fused-ring (bicyclic) bond motifs is 12. The van der Waals surface area contributed by atoms with Crippen molar-refractivity contribution in [1.29, 1.82) is 0 Å². The third-order valence-electron chi connectivity index (χ3n) is 12.6. The van der Waals surface area contributed by atoms with E-state index in [1.165, 1.54) is 120 Å². The standard InChI is InChI=1S/C60H38/c1-3-25-53-49(21-1)51-23-5-7-27-55(51)59-37-47(29-31-57(53)59)45-19-11-17-43(35-45)41-15-9-13-39(33-41)40-14-10-16-42(34-40)44-18-12-20-46(36-44)48-30-32-58-54-26-4-2-22-50(54)52-24-6-8-28-56(52)60(58)38-48/h1-38H. The fourth-order valence-electron chi connectivity index (χ4n) is 9.69. The lowest BCUT2D eigenvalue weighted by molar-refractivity contribution is 1.56. The van der Waals surface area contributed by atoms with Crippen LogP contribution < -0.4 is 0 Å². The highest BCUT2D eigenvalue weighted by atomic mass is 14.2. The molecule has 0 heterocycles. The van der Waals surface area contributed by atoms with Crippen LogP contribution in [0.2, 0.25) is 0 Å². The predicted molar refractivity (Wildman–Crippen MR) is 259 cm³/mol. The van der Waals surface area contributed by atoms with Crippen molar-refractivity contribution >= 4 is 64.6 Å². The van der Waals surface area contributed by atoms with Crippen LogP contribution >= 0.6 is 0 Å². The summed E-state index contributed by atoms with van der Waals surface area (Å²) >= 11 is 0. The van der Waals surface area contributed by atoms with Crippen molar-refractivity contribution < 1.29 is 0 Å². The third kappa shape index (κ3) is 5.69. The van der Waals surface area contributed by atoms with Gasteiger partial charge in [0.15, 0.2) is 0 Å². The summed E-state index contributed by atoms with van der Waals surface area (Å²) in [4.78, 5) is 0. The van der Waals surface area contributed by atoms with Crippen molar-refractivity contribution in [3.8, 4) is 55.6 Å². The first kappa shape index (κ1) is 34.3. The Kier molecular flexibility index (Phi) is 7.96. The van der Waals surface area contributed by atoms with Gasteiger partial charge < -0.3 is 0 Å². The van der Waals surface area contributed by atoms with Gasteiger partial charge in [0, 0.05) is 0 Å². The average molecular weight is 759 g/mol. The Morgan fingerprint density at radius 1 is 0.117 bits per heavy atom. The van der Waals surface area contributed by atoms with Gasteiger partial charge in [0.05, 0.1) is 0 Å². The Hall–Kier alpha value is -7.80. The van der Waals surface area contributed by atoms with Crippen molar-refractivity contribution in [1.82, 2.24) is 0 Å². The second kappa shape index (κ2) is 13.9. The molecule has 0 heteroatoms. The molecule has 12 aromatic carbocycles. The van der Waals surface area contributed by atoms with Crippen molar-refractivity contribution in [3.05, 3.63) is 231 Å². The molecule has 0 bridgehead atoms. The third-order valence-corrected chi connectivity index (χ3v) is 12.6. The average Bonchev–Trinajstić information content (AvgIpc) is 3.34. The minimum absolute atomic E-state index is 1.20. The molecule has 0 aliphatic heterocycles. The summed E-state index contributed by atoms with van der Waals surface area (Å²) < 4.78 is 0. The summed E-state index contributed by atoms with van der Waals surface area (Å²) in [6.45, 7) is 0. The van der Waals surface area contributed by atoms with Crippen LogP contribution in [0.4, 0.5) is 0 Å². The van der Waals surface area contributed by atoms with Gasteiger partial charge in [-0.2, -0.15) is 0 Å². The maximum Gasteiger partial charge on any atom is -0.00928 e. The lowest BCUT2D eigenvalue weighted by atomic mass is 9.91. The van der Waals surface area contributed by atoms with E-state index in [0.717, 1.165) is 0 Å². The zero-order chi connectivity index (χ0) is 39.6. The summed E-state index contributed by atoms with van der Waals surface area (Å²) in [5.41, 5.74) is 12.1. The molecule has 0 aromatic heterocycles. The summed E-state index contributed by atoms with van der Waals surface area (Å²) in [5, 5.41) is 15.6. The van der Waals surface area contributed by atoms with E-state index in [0.29, 0.717) is 0 Å². The van der Waals surface area contributed by atoms with E-state index < -0.39 is 0 Å². The van der Waals surface area contributed by atoms with E-state index in [4.69, 9.17) is 0 Å². The number of hydrogen-bond donors (Lipinski definition) is 0. The zero-order valence-electron chi connectivity index (χ0n) is 32.9. The second-order valence-corrected chi connectivity index (χ2v) is 16.0. The molecule has 0 saturated heterocycles. The molecular formula is C60H38. The molecule has 0 fully saturated rings. The number of rotatable bonds is 5. The van der Waals surface area contributed by atoms with Crippen LogP contribution in [0.25, 0.3) is 120 Å². The molecule has 12 rings (SSSR count). The predicted octanol–water partition coefficient (Wildman–Crippen LogP) is 16.9. The number of benzene rings is 12. The Morgan fingerprint density at radius 2 is 0.300 bits per heavy atom. The van der Waals surface area contributed by atoms with Gasteiger partial charge in [0.1, 0.15) is 0 Å². The van der Waals surface area contributed by atoms with Gasteiger partial charge in [-0.05, 0) is 157 Å². The minimum atomic E-state index is 1.20. The Bertz CT molecular complexity index is 3350. The molecule has 0 aliphatic rings. The molecule has 278 valence electrons. The van der Waals surface area contributed by atoms with Crippen LogP contribution in [0.1, 0.15) is 0 Å². The van der Waals surface area contributed by atoms with Gasteiger partial charge in [0.25, 0.3) is 0 Å². The fourth-order valence-corrected chi connectivity index (χ4v) is 9.69. The van der Waals surface area contributed by atoms with E-state index in [1.807, 2.05) is 0 Å². The Labute approximate surface area is 349 Å².